The Bertz CT molecular complexity index is 275. The van der Waals surface area contributed by atoms with Crippen molar-refractivity contribution in [1.82, 2.24) is 15.3 Å². The van der Waals surface area contributed by atoms with Crippen LogP contribution in [0, 0.1) is 0 Å². The third kappa shape index (κ3) is 2.95. The van der Waals surface area contributed by atoms with Gasteiger partial charge in [-0.3, -0.25) is 0 Å². The van der Waals surface area contributed by atoms with Gasteiger partial charge in [-0.05, 0) is 27.0 Å². The second-order valence-electron chi connectivity index (χ2n) is 3.12. The van der Waals surface area contributed by atoms with Crippen LogP contribution in [0.5, 0.6) is 0 Å². The van der Waals surface area contributed by atoms with Crippen LogP contribution in [0.25, 0.3) is 0 Å². The molecule has 13 heavy (non-hydrogen) atoms. The second kappa shape index (κ2) is 4.72. The number of hydrogen-bond donors (Lipinski definition) is 1. The number of aromatic nitrogens is 2. The quantitative estimate of drug-likeness (QED) is 0.714. The van der Waals surface area contributed by atoms with Gasteiger partial charge >= 0.3 is 0 Å². The number of nitrogens with one attached hydrogen (secondary N) is 1. The van der Waals surface area contributed by atoms with E-state index in [9.17, 15) is 0 Å². The molecule has 0 spiro atoms. The van der Waals surface area contributed by atoms with Gasteiger partial charge in [-0.25, -0.2) is 9.97 Å². The van der Waals surface area contributed by atoms with Crippen LogP contribution in [0.1, 0.15) is 25.7 Å². The molecule has 3 nitrogen and oxygen atoms in total. The Kier molecular flexibility index (Phi) is 3.58. The van der Waals surface area contributed by atoms with E-state index in [2.05, 4.69) is 35.2 Å². The van der Waals surface area contributed by atoms with Crippen LogP contribution in [-0.2, 0) is 0 Å². The SMILES string of the molecule is CNC(C=C(C)C)c1ncccn1. The molecule has 0 radical (unpaired) electrons. The van der Waals surface area contributed by atoms with Gasteiger partial charge in [0.25, 0.3) is 0 Å². The van der Waals surface area contributed by atoms with Crippen LogP contribution in [0.4, 0.5) is 0 Å². The lowest BCUT2D eigenvalue weighted by Gasteiger charge is -2.09. The molecule has 1 heterocycles. The van der Waals surface area contributed by atoms with E-state index in [0.717, 1.165) is 5.82 Å². The zero-order chi connectivity index (χ0) is 9.68. The first-order valence-corrected chi connectivity index (χ1v) is 4.33. The summed E-state index contributed by atoms with van der Waals surface area (Å²) >= 11 is 0. The normalized spacial score (nSPS) is 12.2. The summed E-state index contributed by atoms with van der Waals surface area (Å²) in [5.41, 5.74) is 1.26. The van der Waals surface area contributed by atoms with E-state index in [-0.39, 0.29) is 6.04 Å². The average molecular weight is 177 g/mol. The lowest BCUT2D eigenvalue weighted by atomic mass is 10.2. The van der Waals surface area contributed by atoms with Crippen LogP contribution in [0.15, 0.2) is 30.1 Å². The predicted molar refractivity (Wildman–Crippen MR) is 53.3 cm³/mol. The van der Waals surface area contributed by atoms with Crippen molar-refractivity contribution in [2.45, 2.75) is 19.9 Å². The molecule has 1 aromatic rings. The summed E-state index contributed by atoms with van der Waals surface area (Å²) in [6.45, 7) is 4.13. The van der Waals surface area contributed by atoms with Crippen molar-refractivity contribution in [2.75, 3.05) is 7.05 Å². The lowest BCUT2D eigenvalue weighted by molar-refractivity contribution is 0.662. The average Bonchev–Trinajstić information content (AvgIpc) is 2.15. The second-order valence-corrected chi connectivity index (χ2v) is 3.12. The maximum Gasteiger partial charge on any atom is 0.148 e. The fourth-order valence-corrected chi connectivity index (χ4v) is 1.09. The largest absolute Gasteiger partial charge is 0.307 e. The van der Waals surface area contributed by atoms with Crippen LogP contribution in [0.3, 0.4) is 0 Å². The van der Waals surface area contributed by atoms with Crippen molar-refractivity contribution in [1.29, 1.82) is 0 Å². The zero-order valence-corrected chi connectivity index (χ0v) is 8.28. The summed E-state index contributed by atoms with van der Waals surface area (Å²) in [5.74, 6) is 0.811. The number of rotatable bonds is 3. The Morgan fingerprint density at radius 1 is 1.38 bits per heavy atom. The van der Waals surface area contributed by atoms with Gasteiger partial charge in [0.1, 0.15) is 5.82 Å². The Hall–Kier alpha value is -1.22. The van der Waals surface area contributed by atoms with E-state index in [1.165, 1.54) is 5.57 Å². The molecular weight excluding hydrogens is 162 g/mol. The molecule has 0 aliphatic heterocycles. The highest BCUT2D eigenvalue weighted by Crippen LogP contribution is 2.09. The van der Waals surface area contributed by atoms with Gasteiger partial charge in [-0.1, -0.05) is 11.6 Å². The molecule has 1 atom stereocenters. The molecule has 0 saturated carbocycles. The Labute approximate surface area is 78.9 Å². The minimum absolute atomic E-state index is 0.117. The maximum atomic E-state index is 4.18. The molecule has 1 N–H and O–H groups in total. The molecule has 0 bridgehead atoms. The molecule has 1 aromatic heterocycles. The molecule has 0 aliphatic rings. The highest BCUT2D eigenvalue weighted by molar-refractivity contribution is 5.09. The van der Waals surface area contributed by atoms with Gasteiger partial charge in [0.15, 0.2) is 0 Å². The van der Waals surface area contributed by atoms with Gasteiger partial charge in [-0.2, -0.15) is 0 Å². The minimum Gasteiger partial charge on any atom is -0.307 e. The summed E-state index contributed by atoms with van der Waals surface area (Å²) < 4.78 is 0. The van der Waals surface area contributed by atoms with Gasteiger partial charge in [0, 0.05) is 12.4 Å². The first-order chi connectivity index (χ1) is 6.24. The summed E-state index contributed by atoms with van der Waals surface area (Å²) in [5, 5.41) is 3.15. The molecule has 0 saturated heterocycles. The Balaban J connectivity index is 2.85. The first-order valence-electron chi connectivity index (χ1n) is 4.33. The fraction of sp³-hybridized carbons (Fsp3) is 0.400. The topological polar surface area (TPSA) is 37.8 Å². The van der Waals surface area contributed by atoms with Crippen molar-refractivity contribution in [3.8, 4) is 0 Å². The number of nitrogens with zero attached hydrogens (tertiary/aromatic N) is 2. The van der Waals surface area contributed by atoms with E-state index in [1.54, 1.807) is 12.4 Å². The smallest absolute Gasteiger partial charge is 0.148 e. The third-order valence-corrected chi connectivity index (χ3v) is 1.67. The van der Waals surface area contributed by atoms with Gasteiger partial charge < -0.3 is 5.32 Å². The molecule has 3 heteroatoms. The molecule has 0 fully saturated rings. The number of hydrogen-bond acceptors (Lipinski definition) is 3. The fourth-order valence-electron chi connectivity index (χ4n) is 1.09. The molecule has 0 amide bonds. The van der Waals surface area contributed by atoms with Crippen molar-refractivity contribution in [3.05, 3.63) is 35.9 Å². The van der Waals surface area contributed by atoms with Gasteiger partial charge in [0.2, 0.25) is 0 Å². The van der Waals surface area contributed by atoms with E-state index >= 15 is 0 Å². The van der Waals surface area contributed by atoms with E-state index < -0.39 is 0 Å². The Morgan fingerprint density at radius 2 is 2.00 bits per heavy atom. The van der Waals surface area contributed by atoms with Crippen molar-refractivity contribution in [2.24, 2.45) is 0 Å². The summed E-state index contributed by atoms with van der Waals surface area (Å²) in [4.78, 5) is 8.37. The monoisotopic (exact) mass is 177 g/mol. The predicted octanol–water partition coefficient (Wildman–Crippen LogP) is 1.70. The molecule has 0 aromatic carbocycles. The van der Waals surface area contributed by atoms with Gasteiger partial charge in [-0.15, -0.1) is 0 Å². The van der Waals surface area contributed by atoms with Crippen LogP contribution < -0.4 is 5.32 Å². The summed E-state index contributed by atoms with van der Waals surface area (Å²) in [7, 11) is 1.90. The van der Waals surface area contributed by atoms with Crippen molar-refractivity contribution < 1.29 is 0 Å². The standard InChI is InChI=1S/C10H15N3/c1-8(2)7-9(11-3)10-12-5-4-6-13-10/h4-7,9,11H,1-3H3. The molecular formula is C10H15N3. The third-order valence-electron chi connectivity index (χ3n) is 1.67. The molecule has 1 unspecified atom stereocenters. The van der Waals surface area contributed by atoms with Crippen molar-refractivity contribution >= 4 is 0 Å². The van der Waals surface area contributed by atoms with E-state index in [4.69, 9.17) is 0 Å². The van der Waals surface area contributed by atoms with Crippen LogP contribution >= 0.6 is 0 Å². The zero-order valence-electron chi connectivity index (χ0n) is 8.28. The number of likely N-dealkylation sites (N-methyl/N-ethyl adjacent to an activating group) is 1. The van der Waals surface area contributed by atoms with Gasteiger partial charge in [0.05, 0.1) is 6.04 Å². The minimum atomic E-state index is 0.117. The lowest BCUT2D eigenvalue weighted by Crippen LogP contribution is -2.16. The summed E-state index contributed by atoms with van der Waals surface area (Å²) in [6, 6.07) is 1.94. The van der Waals surface area contributed by atoms with Crippen molar-refractivity contribution in [3.63, 3.8) is 0 Å². The molecule has 0 aliphatic carbocycles. The maximum absolute atomic E-state index is 4.18. The summed E-state index contributed by atoms with van der Waals surface area (Å²) in [6.07, 6.45) is 5.62. The molecule has 1 rings (SSSR count). The Morgan fingerprint density at radius 3 is 2.46 bits per heavy atom. The van der Waals surface area contributed by atoms with Crippen LogP contribution in [-0.4, -0.2) is 17.0 Å². The van der Waals surface area contributed by atoms with Crippen LogP contribution in [0.2, 0.25) is 0 Å². The highest BCUT2D eigenvalue weighted by Gasteiger charge is 2.06. The van der Waals surface area contributed by atoms with E-state index in [0.29, 0.717) is 0 Å². The number of allylic oxidation sites excluding steroid dienone is 1. The molecule has 70 valence electrons. The highest BCUT2D eigenvalue weighted by atomic mass is 15.0. The van der Waals surface area contributed by atoms with E-state index in [1.807, 2.05) is 13.1 Å². The first kappa shape index (κ1) is 9.86.